The Bertz CT molecular complexity index is 1290. The zero-order chi connectivity index (χ0) is 24.2. The minimum atomic E-state index is -0.206. The fourth-order valence-electron chi connectivity index (χ4n) is 3.73. The fourth-order valence-corrected chi connectivity index (χ4v) is 3.73. The van der Waals surface area contributed by atoms with Crippen LogP contribution in [-0.2, 0) is 11.3 Å². The van der Waals surface area contributed by atoms with Crippen molar-refractivity contribution in [2.75, 3.05) is 6.79 Å². The maximum Gasteiger partial charge on any atom is 0.252 e. The van der Waals surface area contributed by atoms with Gasteiger partial charge in [0.05, 0.1) is 0 Å². The highest BCUT2D eigenvalue weighted by Crippen LogP contribution is 2.35. The molecule has 176 valence electrons. The van der Waals surface area contributed by atoms with E-state index in [-0.39, 0.29) is 24.6 Å². The van der Waals surface area contributed by atoms with Crippen molar-refractivity contribution < 1.29 is 23.9 Å². The third kappa shape index (κ3) is 5.41. The second-order valence-corrected chi connectivity index (χ2v) is 8.54. The molecule has 0 saturated heterocycles. The highest BCUT2D eigenvalue weighted by Gasteiger charge is 2.26. The van der Waals surface area contributed by atoms with Crippen molar-refractivity contribution in [3.63, 3.8) is 0 Å². The van der Waals surface area contributed by atoms with Gasteiger partial charge < -0.3 is 20.1 Å². The summed E-state index contributed by atoms with van der Waals surface area (Å²) in [6.45, 7) is 0.523. The van der Waals surface area contributed by atoms with Crippen LogP contribution in [0.4, 0.5) is 0 Å². The molecular formula is C28H24N2O5. The topological polar surface area (TPSA) is 93.7 Å². The minimum absolute atomic E-state index is 0.145. The number of ether oxygens (including phenoxy) is 2. The summed E-state index contributed by atoms with van der Waals surface area (Å²) < 4.78 is 10.9. The maximum atomic E-state index is 13.0. The van der Waals surface area contributed by atoms with Crippen LogP contribution in [0.25, 0.3) is 11.6 Å². The SMILES string of the molecule is O=Cc1ccc(CNC(=O)c2ccc(/C=C(/C(=O)NC3CC3)c3ccc4c(c3)OCO4)cc2)cc1. The highest BCUT2D eigenvalue weighted by molar-refractivity contribution is 6.24. The van der Waals surface area contributed by atoms with Crippen molar-refractivity contribution in [1.82, 2.24) is 10.6 Å². The molecule has 2 N–H and O–H groups in total. The van der Waals surface area contributed by atoms with Crippen LogP contribution in [0.2, 0.25) is 0 Å². The van der Waals surface area contributed by atoms with Gasteiger partial charge in [0.25, 0.3) is 11.8 Å². The van der Waals surface area contributed by atoms with Crippen LogP contribution < -0.4 is 20.1 Å². The van der Waals surface area contributed by atoms with Gasteiger partial charge in [-0.25, -0.2) is 0 Å². The summed E-state index contributed by atoms with van der Waals surface area (Å²) in [6.07, 6.45) is 4.58. The molecule has 2 aliphatic rings. The van der Waals surface area contributed by atoms with E-state index < -0.39 is 0 Å². The second kappa shape index (κ2) is 9.85. The van der Waals surface area contributed by atoms with Gasteiger partial charge in [0, 0.05) is 29.3 Å². The van der Waals surface area contributed by atoms with E-state index >= 15 is 0 Å². The molecule has 0 unspecified atom stereocenters. The number of nitrogens with one attached hydrogen (secondary N) is 2. The van der Waals surface area contributed by atoms with Gasteiger partial charge in [0.2, 0.25) is 6.79 Å². The first-order valence-corrected chi connectivity index (χ1v) is 11.4. The molecule has 0 aromatic heterocycles. The lowest BCUT2D eigenvalue weighted by Gasteiger charge is -2.10. The van der Waals surface area contributed by atoms with E-state index in [0.29, 0.717) is 34.7 Å². The van der Waals surface area contributed by atoms with Gasteiger partial charge in [0.15, 0.2) is 11.5 Å². The summed E-state index contributed by atoms with van der Waals surface area (Å²) in [5.74, 6) is 0.919. The number of carbonyl (C=O) groups excluding carboxylic acids is 3. The third-order valence-corrected chi connectivity index (χ3v) is 5.89. The van der Waals surface area contributed by atoms with E-state index in [1.54, 1.807) is 30.3 Å². The molecule has 1 aliphatic heterocycles. The van der Waals surface area contributed by atoms with Crippen LogP contribution >= 0.6 is 0 Å². The predicted molar refractivity (Wildman–Crippen MR) is 131 cm³/mol. The van der Waals surface area contributed by atoms with Crippen LogP contribution in [0.3, 0.4) is 0 Å². The quantitative estimate of drug-likeness (QED) is 0.296. The number of fused-ring (bicyclic) bond motifs is 1. The van der Waals surface area contributed by atoms with Crippen LogP contribution in [0, 0.1) is 0 Å². The molecule has 7 heteroatoms. The van der Waals surface area contributed by atoms with Gasteiger partial charge >= 0.3 is 0 Å². The first-order valence-electron chi connectivity index (χ1n) is 11.4. The van der Waals surface area contributed by atoms with Crippen LogP contribution in [0.1, 0.15) is 50.2 Å². The summed E-state index contributed by atoms with van der Waals surface area (Å²) in [5, 5.41) is 5.92. The van der Waals surface area contributed by atoms with Gasteiger partial charge in [-0.1, -0.05) is 42.5 Å². The lowest BCUT2D eigenvalue weighted by atomic mass is 10.0. The summed E-state index contributed by atoms with van der Waals surface area (Å²) in [5.41, 5.74) is 4.05. The van der Waals surface area contributed by atoms with Gasteiger partial charge in [-0.2, -0.15) is 0 Å². The molecule has 0 radical (unpaired) electrons. The van der Waals surface area contributed by atoms with E-state index in [2.05, 4.69) is 10.6 Å². The molecular weight excluding hydrogens is 444 g/mol. The van der Waals surface area contributed by atoms with E-state index in [1.807, 2.05) is 42.5 Å². The molecule has 0 spiro atoms. The van der Waals surface area contributed by atoms with Crippen molar-refractivity contribution in [1.29, 1.82) is 0 Å². The van der Waals surface area contributed by atoms with Gasteiger partial charge in [0.1, 0.15) is 6.29 Å². The lowest BCUT2D eigenvalue weighted by molar-refractivity contribution is -0.115. The first-order chi connectivity index (χ1) is 17.1. The molecule has 2 amide bonds. The van der Waals surface area contributed by atoms with Crippen LogP contribution in [0.15, 0.2) is 66.7 Å². The number of amides is 2. The van der Waals surface area contributed by atoms with E-state index in [1.165, 1.54) is 0 Å². The third-order valence-electron chi connectivity index (χ3n) is 5.89. The zero-order valence-corrected chi connectivity index (χ0v) is 19.0. The normalized spacial score (nSPS) is 14.3. The van der Waals surface area contributed by atoms with Crippen LogP contribution in [0.5, 0.6) is 11.5 Å². The summed E-state index contributed by atoms with van der Waals surface area (Å²) in [7, 11) is 0. The molecule has 3 aromatic rings. The van der Waals surface area contributed by atoms with Crippen molar-refractivity contribution in [2.24, 2.45) is 0 Å². The first kappa shape index (κ1) is 22.4. The average Bonchev–Trinajstić information content (AvgIpc) is 3.58. The van der Waals surface area contributed by atoms with Crippen molar-refractivity contribution in [3.05, 3.63) is 94.5 Å². The maximum absolute atomic E-state index is 13.0. The Morgan fingerprint density at radius 2 is 1.54 bits per heavy atom. The van der Waals surface area contributed by atoms with Gasteiger partial charge in [-0.3, -0.25) is 14.4 Å². The summed E-state index contributed by atoms with van der Waals surface area (Å²) in [6, 6.07) is 19.8. The Hall–Kier alpha value is -4.39. The number of hydrogen-bond acceptors (Lipinski definition) is 5. The lowest BCUT2D eigenvalue weighted by Crippen LogP contribution is -2.26. The highest BCUT2D eigenvalue weighted by atomic mass is 16.7. The molecule has 1 saturated carbocycles. The van der Waals surface area contributed by atoms with Gasteiger partial charge in [-0.05, 0) is 59.9 Å². The fraction of sp³-hybridized carbons (Fsp3) is 0.179. The Balaban J connectivity index is 1.31. The molecule has 5 rings (SSSR count). The molecule has 1 fully saturated rings. The largest absolute Gasteiger partial charge is 0.454 e. The smallest absolute Gasteiger partial charge is 0.252 e. The standard InChI is InChI=1S/C28H24N2O5/c31-16-20-3-1-19(2-4-20)15-29-27(32)21-7-5-18(6-8-21)13-24(28(33)30-23-10-11-23)22-9-12-25-26(14-22)35-17-34-25/h1-9,12-14,16,23H,10-11,15,17H2,(H,29,32)(H,30,33)/b24-13+. The van der Waals surface area contributed by atoms with Crippen LogP contribution in [-0.4, -0.2) is 30.9 Å². The van der Waals surface area contributed by atoms with E-state index in [4.69, 9.17) is 9.47 Å². The van der Waals surface area contributed by atoms with E-state index in [0.717, 1.165) is 35.8 Å². The number of hydrogen-bond donors (Lipinski definition) is 2. The van der Waals surface area contributed by atoms with Gasteiger partial charge in [-0.15, -0.1) is 0 Å². The summed E-state index contributed by atoms with van der Waals surface area (Å²) >= 11 is 0. The van der Waals surface area contributed by atoms with Crippen molar-refractivity contribution in [2.45, 2.75) is 25.4 Å². The minimum Gasteiger partial charge on any atom is -0.454 e. The Kier molecular flexibility index (Phi) is 6.30. The molecule has 0 bridgehead atoms. The molecule has 35 heavy (non-hydrogen) atoms. The zero-order valence-electron chi connectivity index (χ0n) is 19.0. The Morgan fingerprint density at radius 1 is 0.857 bits per heavy atom. The number of rotatable bonds is 8. The molecule has 3 aromatic carbocycles. The van der Waals surface area contributed by atoms with E-state index in [9.17, 15) is 14.4 Å². The Morgan fingerprint density at radius 3 is 2.26 bits per heavy atom. The monoisotopic (exact) mass is 468 g/mol. The number of carbonyl (C=O) groups is 3. The molecule has 1 heterocycles. The average molecular weight is 469 g/mol. The van der Waals surface area contributed by atoms with Crippen molar-refractivity contribution in [3.8, 4) is 11.5 Å². The van der Waals surface area contributed by atoms with Crippen molar-refractivity contribution >= 4 is 29.7 Å². The molecule has 7 nitrogen and oxygen atoms in total. The number of benzene rings is 3. The predicted octanol–water partition coefficient (Wildman–Crippen LogP) is 3.98. The molecule has 1 aliphatic carbocycles. The second-order valence-electron chi connectivity index (χ2n) is 8.54. The summed E-state index contributed by atoms with van der Waals surface area (Å²) in [4.78, 5) is 36.3. The number of aldehydes is 1. The Labute approximate surface area is 202 Å². The molecule has 0 atom stereocenters.